The van der Waals surface area contributed by atoms with Crippen molar-refractivity contribution in [1.29, 1.82) is 0 Å². The van der Waals surface area contributed by atoms with Crippen molar-refractivity contribution in [3.63, 3.8) is 0 Å². The maximum absolute atomic E-state index is 12.2. The molecule has 2 amide bonds. The molecule has 0 saturated heterocycles. The van der Waals surface area contributed by atoms with Gasteiger partial charge in [0.25, 0.3) is 0 Å². The summed E-state index contributed by atoms with van der Waals surface area (Å²) in [7, 11) is 0. The molecule has 1 fully saturated rings. The van der Waals surface area contributed by atoms with Gasteiger partial charge >= 0.3 is 12.0 Å². The first-order chi connectivity index (χ1) is 10.0. The summed E-state index contributed by atoms with van der Waals surface area (Å²) in [5.74, 6) is -1.15. The average Bonchev–Trinajstić information content (AvgIpc) is 2.38. The topological polar surface area (TPSA) is 89.9 Å². The number of carbonyl (C=O) groups is 2. The Hall–Kier alpha value is -1.79. The smallest absolute Gasteiger partial charge is 0.337 e. The van der Waals surface area contributed by atoms with Gasteiger partial charge in [0.05, 0.1) is 17.2 Å². The van der Waals surface area contributed by atoms with Gasteiger partial charge in [0.15, 0.2) is 0 Å². The number of hydrogen-bond donors (Lipinski definition) is 3. The zero-order valence-electron chi connectivity index (χ0n) is 11.4. The number of carboxylic acids is 1. The lowest BCUT2D eigenvalue weighted by molar-refractivity contribution is 0.0697. The van der Waals surface area contributed by atoms with Gasteiger partial charge in [-0.25, -0.2) is 9.59 Å². The number of aromatic carboxylic acids is 1. The number of aliphatic hydroxyl groups excluding tert-OH is 1. The molecule has 0 aromatic heterocycles. The van der Waals surface area contributed by atoms with E-state index < -0.39 is 5.97 Å². The van der Waals surface area contributed by atoms with Crippen LogP contribution in [0.1, 0.15) is 29.6 Å². The molecule has 2 rings (SSSR count). The molecule has 0 unspecified atom stereocenters. The van der Waals surface area contributed by atoms with Crippen LogP contribution in [0.5, 0.6) is 0 Å². The lowest BCUT2D eigenvalue weighted by Crippen LogP contribution is -2.47. The highest BCUT2D eigenvalue weighted by Crippen LogP contribution is 2.26. The highest BCUT2D eigenvalue weighted by atomic mass is 35.5. The van der Waals surface area contributed by atoms with Gasteiger partial charge in [-0.2, -0.15) is 0 Å². The Balaban J connectivity index is 2.10. The SMILES string of the molecule is O=C(O)c1cc(NC(=O)N(CCO)C2CCC2)ccc1Cl. The van der Waals surface area contributed by atoms with Crippen LogP contribution in [0.4, 0.5) is 10.5 Å². The predicted octanol–water partition coefficient (Wildman–Crippen LogP) is 2.42. The lowest BCUT2D eigenvalue weighted by Gasteiger charge is -2.37. The van der Waals surface area contributed by atoms with Gasteiger partial charge in [0.1, 0.15) is 0 Å². The number of benzene rings is 1. The zero-order chi connectivity index (χ0) is 15.4. The number of carboxylic acid groups (broad SMARTS) is 1. The number of amides is 2. The van der Waals surface area contributed by atoms with Crippen LogP contribution in [0.2, 0.25) is 5.02 Å². The first-order valence-electron chi connectivity index (χ1n) is 6.74. The van der Waals surface area contributed by atoms with E-state index in [0.29, 0.717) is 5.69 Å². The minimum absolute atomic E-state index is 0.0631. The van der Waals surface area contributed by atoms with Gasteiger partial charge in [0.2, 0.25) is 0 Å². The molecule has 0 spiro atoms. The molecule has 6 nitrogen and oxygen atoms in total. The third-order valence-corrected chi connectivity index (χ3v) is 3.89. The fourth-order valence-electron chi connectivity index (χ4n) is 2.22. The van der Waals surface area contributed by atoms with E-state index in [1.54, 1.807) is 11.0 Å². The second-order valence-corrected chi connectivity index (χ2v) is 5.34. The largest absolute Gasteiger partial charge is 0.478 e. The molecule has 21 heavy (non-hydrogen) atoms. The highest BCUT2D eigenvalue weighted by Gasteiger charge is 2.28. The van der Waals surface area contributed by atoms with Gasteiger partial charge in [-0.3, -0.25) is 0 Å². The molecular formula is C14H17ClN2O4. The van der Waals surface area contributed by atoms with E-state index in [0.717, 1.165) is 19.3 Å². The molecule has 0 atom stereocenters. The zero-order valence-corrected chi connectivity index (χ0v) is 12.1. The number of carbonyl (C=O) groups excluding carboxylic acids is 1. The molecule has 0 aliphatic heterocycles. The van der Waals surface area contributed by atoms with E-state index in [9.17, 15) is 9.59 Å². The third kappa shape index (κ3) is 3.65. The van der Waals surface area contributed by atoms with Crippen molar-refractivity contribution in [1.82, 2.24) is 4.90 Å². The average molecular weight is 313 g/mol. The molecule has 114 valence electrons. The number of aliphatic hydroxyl groups is 1. The van der Waals surface area contributed by atoms with E-state index in [-0.39, 0.29) is 35.8 Å². The van der Waals surface area contributed by atoms with Gasteiger partial charge in [0, 0.05) is 18.3 Å². The van der Waals surface area contributed by atoms with Crippen molar-refractivity contribution in [2.45, 2.75) is 25.3 Å². The van der Waals surface area contributed by atoms with Crippen LogP contribution >= 0.6 is 11.6 Å². The van der Waals surface area contributed by atoms with Gasteiger partial charge in [-0.1, -0.05) is 11.6 Å². The summed E-state index contributed by atoms with van der Waals surface area (Å²) in [6, 6.07) is 4.10. The minimum atomic E-state index is -1.15. The summed E-state index contributed by atoms with van der Waals surface area (Å²) in [4.78, 5) is 24.8. The summed E-state index contributed by atoms with van der Waals surface area (Å²) >= 11 is 5.79. The van der Waals surface area contributed by atoms with Crippen LogP contribution < -0.4 is 5.32 Å². The maximum atomic E-state index is 12.2. The summed E-state index contributed by atoms with van der Waals surface area (Å²) in [5, 5.41) is 20.8. The quantitative estimate of drug-likeness (QED) is 0.779. The Kier molecular flexibility index (Phi) is 5.03. The first-order valence-corrected chi connectivity index (χ1v) is 7.12. The van der Waals surface area contributed by atoms with Crippen LogP contribution in [0.25, 0.3) is 0 Å². The fourth-order valence-corrected chi connectivity index (χ4v) is 2.42. The van der Waals surface area contributed by atoms with Crippen LogP contribution in [0.3, 0.4) is 0 Å². The molecule has 0 bridgehead atoms. The van der Waals surface area contributed by atoms with Crippen LogP contribution in [0.15, 0.2) is 18.2 Å². The predicted molar refractivity (Wildman–Crippen MR) is 78.9 cm³/mol. The number of halogens is 1. The molecule has 3 N–H and O–H groups in total. The maximum Gasteiger partial charge on any atom is 0.337 e. The van der Waals surface area contributed by atoms with Crippen molar-refractivity contribution in [2.75, 3.05) is 18.5 Å². The Labute approximate surface area is 127 Å². The lowest BCUT2D eigenvalue weighted by atomic mass is 9.92. The number of nitrogens with one attached hydrogen (secondary N) is 1. The highest BCUT2D eigenvalue weighted by molar-refractivity contribution is 6.33. The number of hydrogen-bond acceptors (Lipinski definition) is 3. The third-order valence-electron chi connectivity index (χ3n) is 3.57. The van der Waals surface area contributed by atoms with E-state index in [1.165, 1.54) is 12.1 Å². The number of rotatable bonds is 5. The summed E-state index contributed by atoms with van der Waals surface area (Å²) in [6.45, 7) is 0.154. The second kappa shape index (κ2) is 6.78. The molecule has 7 heteroatoms. The van der Waals surface area contributed by atoms with E-state index in [1.807, 2.05) is 0 Å². The first kappa shape index (κ1) is 15.6. The molecule has 1 aliphatic carbocycles. The Morgan fingerprint density at radius 2 is 2.10 bits per heavy atom. The van der Waals surface area contributed by atoms with E-state index >= 15 is 0 Å². The Morgan fingerprint density at radius 3 is 2.62 bits per heavy atom. The Morgan fingerprint density at radius 1 is 1.38 bits per heavy atom. The monoisotopic (exact) mass is 312 g/mol. The molecule has 0 radical (unpaired) electrons. The molecule has 1 aromatic carbocycles. The fraction of sp³-hybridized carbons (Fsp3) is 0.429. The molecule has 1 aromatic rings. The molecule has 1 saturated carbocycles. The van der Waals surface area contributed by atoms with Crippen molar-refractivity contribution in [3.05, 3.63) is 28.8 Å². The molecule has 0 heterocycles. The Bertz CT molecular complexity index is 546. The van der Waals surface area contributed by atoms with Crippen molar-refractivity contribution in [3.8, 4) is 0 Å². The van der Waals surface area contributed by atoms with Crippen molar-refractivity contribution in [2.24, 2.45) is 0 Å². The van der Waals surface area contributed by atoms with Crippen molar-refractivity contribution < 1.29 is 19.8 Å². The van der Waals surface area contributed by atoms with Crippen LogP contribution in [0, 0.1) is 0 Å². The second-order valence-electron chi connectivity index (χ2n) is 4.93. The minimum Gasteiger partial charge on any atom is -0.478 e. The standard InChI is InChI=1S/C14H17ClN2O4/c15-12-5-4-9(8-11(12)13(19)20)16-14(21)17(6-7-18)10-2-1-3-10/h4-5,8,10,18H,1-3,6-7H2,(H,16,21)(H,19,20). The van der Waals surface area contributed by atoms with Crippen molar-refractivity contribution >= 4 is 29.3 Å². The van der Waals surface area contributed by atoms with E-state index in [4.69, 9.17) is 21.8 Å². The normalized spacial score (nSPS) is 14.4. The number of nitrogens with zero attached hydrogens (tertiary/aromatic N) is 1. The van der Waals surface area contributed by atoms with Gasteiger partial charge in [-0.15, -0.1) is 0 Å². The van der Waals surface area contributed by atoms with Gasteiger partial charge in [-0.05, 0) is 37.5 Å². The van der Waals surface area contributed by atoms with Crippen LogP contribution in [-0.2, 0) is 0 Å². The van der Waals surface area contributed by atoms with E-state index in [2.05, 4.69) is 5.32 Å². The number of urea groups is 1. The number of anilines is 1. The summed E-state index contributed by atoms with van der Waals surface area (Å²) in [5.41, 5.74) is 0.302. The summed E-state index contributed by atoms with van der Waals surface area (Å²) < 4.78 is 0. The van der Waals surface area contributed by atoms with Gasteiger partial charge < -0.3 is 20.4 Å². The molecule has 1 aliphatic rings. The molecular weight excluding hydrogens is 296 g/mol. The summed E-state index contributed by atoms with van der Waals surface area (Å²) in [6.07, 6.45) is 2.92. The van der Waals surface area contributed by atoms with Crippen LogP contribution in [-0.4, -0.2) is 46.3 Å².